The maximum absolute atomic E-state index is 11.3. The van der Waals surface area contributed by atoms with E-state index in [1.165, 1.54) is 6.26 Å². The van der Waals surface area contributed by atoms with E-state index < -0.39 is 9.84 Å². The van der Waals surface area contributed by atoms with Crippen molar-refractivity contribution >= 4 is 44.5 Å². The number of sulfone groups is 1. The summed E-state index contributed by atoms with van der Waals surface area (Å²) in [5, 5.41) is 3.19. The van der Waals surface area contributed by atoms with Gasteiger partial charge in [0.15, 0.2) is 0 Å². The predicted molar refractivity (Wildman–Crippen MR) is 91.5 cm³/mol. The molecule has 0 radical (unpaired) electrons. The van der Waals surface area contributed by atoms with Crippen LogP contribution in [0.3, 0.4) is 0 Å². The normalized spacial score (nSPS) is 12.9. The molecule has 0 heterocycles. The minimum Gasteiger partial charge on any atom is -0.389 e. The second kappa shape index (κ2) is 7.28. The van der Waals surface area contributed by atoms with Crippen molar-refractivity contribution in [3.63, 3.8) is 0 Å². The van der Waals surface area contributed by atoms with Crippen LogP contribution in [0.25, 0.3) is 0 Å². The summed E-state index contributed by atoms with van der Waals surface area (Å²) in [5.74, 6) is 0.979. The van der Waals surface area contributed by atoms with Gasteiger partial charge in [-0.1, -0.05) is 25.2 Å². The molecule has 4 nitrogen and oxygen atoms in total. The number of rotatable bonds is 7. The van der Waals surface area contributed by atoms with Gasteiger partial charge in [-0.25, -0.2) is 8.42 Å². The Morgan fingerprint density at radius 2 is 2.15 bits per heavy atom. The zero-order valence-corrected chi connectivity index (χ0v) is 14.3. The van der Waals surface area contributed by atoms with Gasteiger partial charge in [-0.05, 0) is 24.8 Å². The van der Waals surface area contributed by atoms with Crippen LogP contribution in [-0.2, 0) is 9.84 Å². The molecular formula is C13H20N2O2S3. The van der Waals surface area contributed by atoms with Crippen molar-refractivity contribution in [3.05, 3.63) is 23.8 Å². The van der Waals surface area contributed by atoms with E-state index in [-0.39, 0.29) is 11.8 Å². The molecule has 1 unspecified atom stereocenters. The van der Waals surface area contributed by atoms with E-state index in [2.05, 4.69) is 12.2 Å². The Morgan fingerprint density at radius 3 is 2.65 bits per heavy atom. The maximum atomic E-state index is 11.3. The third-order valence-electron chi connectivity index (χ3n) is 2.53. The van der Waals surface area contributed by atoms with Crippen molar-refractivity contribution in [1.29, 1.82) is 0 Å². The largest absolute Gasteiger partial charge is 0.389 e. The minimum absolute atomic E-state index is 0.0644. The van der Waals surface area contributed by atoms with Gasteiger partial charge in [0.05, 0.1) is 5.75 Å². The molecule has 0 aliphatic rings. The molecule has 0 saturated heterocycles. The fraction of sp³-hybridized carbons (Fsp3) is 0.462. The summed E-state index contributed by atoms with van der Waals surface area (Å²) in [4.78, 5) is 1.33. The van der Waals surface area contributed by atoms with E-state index in [1.807, 2.05) is 25.1 Å². The van der Waals surface area contributed by atoms with E-state index >= 15 is 0 Å². The van der Waals surface area contributed by atoms with Gasteiger partial charge in [0.2, 0.25) is 0 Å². The first-order valence-electron chi connectivity index (χ1n) is 6.24. The number of hydrogen-bond acceptors (Lipinski definition) is 5. The van der Waals surface area contributed by atoms with Gasteiger partial charge < -0.3 is 11.1 Å². The average molecular weight is 333 g/mol. The lowest BCUT2D eigenvalue weighted by molar-refractivity contribution is 0.598. The predicted octanol–water partition coefficient (Wildman–Crippen LogP) is 2.28. The first-order valence-corrected chi connectivity index (χ1v) is 9.70. The Labute approximate surface area is 130 Å². The SMILES string of the molecule is CCSc1cccc(NC(C)CS(C)(=O)=O)c1C(N)=S. The molecule has 0 aliphatic carbocycles. The van der Waals surface area contributed by atoms with Crippen molar-refractivity contribution in [2.24, 2.45) is 5.73 Å². The van der Waals surface area contributed by atoms with Crippen molar-refractivity contribution < 1.29 is 8.42 Å². The quantitative estimate of drug-likeness (QED) is 0.589. The molecule has 1 aromatic carbocycles. The first-order chi connectivity index (χ1) is 9.24. The molecule has 0 spiro atoms. The smallest absolute Gasteiger partial charge is 0.149 e. The van der Waals surface area contributed by atoms with E-state index in [9.17, 15) is 8.42 Å². The number of nitrogens with one attached hydrogen (secondary N) is 1. The zero-order valence-electron chi connectivity index (χ0n) is 11.8. The summed E-state index contributed by atoms with van der Waals surface area (Å²) >= 11 is 6.78. The lowest BCUT2D eigenvalue weighted by atomic mass is 10.1. The molecule has 0 saturated carbocycles. The van der Waals surface area contributed by atoms with Crippen LogP contribution >= 0.6 is 24.0 Å². The number of anilines is 1. The van der Waals surface area contributed by atoms with Gasteiger partial charge in [-0.15, -0.1) is 11.8 Å². The fourth-order valence-corrected chi connectivity index (χ4v) is 4.07. The van der Waals surface area contributed by atoms with E-state index in [0.717, 1.165) is 21.9 Å². The lowest BCUT2D eigenvalue weighted by Gasteiger charge is -2.19. The summed E-state index contributed by atoms with van der Waals surface area (Å²) in [5.41, 5.74) is 7.38. The van der Waals surface area contributed by atoms with Crippen molar-refractivity contribution in [2.45, 2.75) is 24.8 Å². The van der Waals surface area contributed by atoms with Crippen LogP contribution in [0.15, 0.2) is 23.1 Å². The van der Waals surface area contributed by atoms with Gasteiger partial charge in [-0.2, -0.15) is 0 Å². The third kappa shape index (κ3) is 5.30. The molecule has 1 atom stereocenters. The monoisotopic (exact) mass is 332 g/mol. The molecule has 7 heteroatoms. The molecule has 0 bridgehead atoms. The van der Waals surface area contributed by atoms with Crippen molar-refractivity contribution in [1.82, 2.24) is 0 Å². The zero-order chi connectivity index (χ0) is 15.3. The van der Waals surface area contributed by atoms with Gasteiger partial charge >= 0.3 is 0 Å². The summed E-state index contributed by atoms with van der Waals surface area (Å²) in [6.07, 6.45) is 1.23. The van der Waals surface area contributed by atoms with E-state index in [4.69, 9.17) is 18.0 Å². The van der Waals surface area contributed by atoms with Crippen LogP contribution in [0.2, 0.25) is 0 Å². The topological polar surface area (TPSA) is 72.2 Å². The summed E-state index contributed by atoms with van der Waals surface area (Å²) in [6.45, 7) is 3.88. The molecular weight excluding hydrogens is 312 g/mol. The molecule has 0 aliphatic heterocycles. The highest BCUT2D eigenvalue weighted by molar-refractivity contribution is 7.99. The third-order valence-corrected chi connectivity index (χ3v) is 4.78. The van der Waals surface area contributed by atoms with Crippen LogP contribution in [0.1, 0.15) is 19.4 Å². The Kier molecular flexibility index (Phi) is 6.29. The highest BCUT2D eigenvalue weighted by atomic mass is 32.2. The summed E-state index contributed by atoms with van der Waals surface area (Å²) in [6, 6.07) is 5.54. The summed E-state index contributed by atoms with van der Waals surface area (Å²) in [7, 11) is -3.03. The number of nitrogens with two attached hydrogens (primary N) is 1. The fourth-order valence-electron chi connectivity index (χ4n) is 1.94. The van der Waals surface area contributed by atoms with Crippen LogP contribution in [0.5, 0.6) is 0 Å². The molecule has 112 valence electrons. The van der Waals surface area contributed by atoms with E-state index in [0.29, 0.717) is 4.99 Å². The van der Waals surface area contributed by atoms with Gasteiger partial charge in [0.1, 0.15) is 14.8 Å². The van der Waals surface area contributed by atoms with Gasteiger partial charge in [0, 0.05) is 28.4 Å². The number of benzene rings is 1. The lowest BCUT2D eigenvalue weighted by Crippen LogP contribution is -2.26. The maximum Gasteiger partial charge on any atom is 0.149 e. The molecule has 20 heavy (non-hydrogen) atoms. The van der Waals surface area contributed by atoms with Crippen LogP contribution < -0.4 is 11.1 Å². The number of thiocarbonyl (C=S) groups is 1. The Morgan fingerprint density at radius 1 is 1.50 bits per heavy atom. The number of thioether (sulfide) groups is 1. The second-order valence-electron chi connectivity index (χ2n) is 4.61. The highest BCUT2D eigenvalue weighted by Crippen LogP contribution is 2.29. The second-order valence-corrected chi connectivity index (χ2v) is 8.54. The molecule has 0 aromatic heterocycles. The van der Waals surface area contributed by atoms with Gasteiger partial charge in [-0.3, -0.25) is 0 Å². The van der Waals surface area contributed by atoms with E-state index in [1.54, 1.807) is 11.8 Å². The molecule has 1 aromatic rings. The van der Waals surface area contributed by atoms with Crippen molar-refractivity contribution in [3.8, 4) is 0 Å². The molecule has 1 rings (SSSR count). The highest BCUT2D eigenvalue weighted by Gasteiger charge is 2.15. The Hall–Kier alpha value is -0.790. The standard InChI is InChI=1S/C13H20N2O2S3/c1-4-19-11-7-5-6-10(12(11)13(14)18)15-9(2)8-20(3,16)17/h5-7,9,15H,4,8H2,1-3H3,(H2,14,18). The average Bonchev–Trinajstić information content (AvgIpc) is 2.26. The van der Waals surface area contributed by atoms with Crippen LogP contribution in [0.4, 0.5) is 5.69 Å². The van der Waals surface area contributed by atoms with Crippen molar-refractivity contribution in [2.75, 3.05) is 23.1 Å². The molecule has 0 fully saturated rings. The first kappa shape index (κ1) is 17.3. The van der Waals surface area contributed by atoms with Crippen LogP contribution in [-0.4, -0.2) is 37.2 Å². The summed E-state index contributed by atoms with van der Waals surface area (Å²) < 4.78 is 22.7. The molecule has 0 amide bonds. The number of hydrogen-bond donors (Lipinski definition) is 2. The van der Waals surface area contributed by atoms with Crippen LogP contribution in [0, 0.1) is 0 Å². The Bertz CT molecular complexity index is 585. The molecule has 3 N–H and O–H groups in total. The Balaban J connectivity index is 3.05. The van der Waals surface area contributed by atoms with Gasteiger partial charge in [0.25, 0.3) is 0 Å². The minimum atomic E-state index is -3.03.